The zero-order valence-corrected chi connectivity index (χ0v) is 16.6. The van der Waals surface area contributed by atoms with Crippen molar-refractivity contribution in [2.24, 2.45) is 17.3 Å². The first-order chi connectivity index (χ1) is 12.7. The number of carboxylic acids is 1. The molecule has 6 nitrogen and oxygen atoms in total. The summed E-state index contributed by atoms with van der Waals surface area (Å²) in [7, 11) is 0. The van der Waals surface area contributed by atoms with Crippen LogP contribution in [0.2, 0.25) is 0 Å². The summed E-state index contributed by atoms with van der Waals surface area (Å²) in [6.45, 7) is 6.72. The van der Waals surface area contributed by atoms with Crippen molar-refractivity contribution < 1.29 is 29.6 Å². The van der Waals surface area contributed by atoms with E-state index in [1.807, 2.05) is 32.9 Å². The number of aliphatic hydroxyl groups is 2. The smallest absolute Gasteiger partial charge is 0.303 e. The molecule has 3 N–H and O–H groups in total. The normalized spacial score (nSPS) is 24.9. The van der Waals surface area contributed by atoms with Gasteiger partial charge in [-0.3, -0.25) is 9.59 Å². The Balaban J connectivity index is 2.63. The highest BCUT2D eigenvalue weighted by Crippen LogP contribution is 2.34. The van der Waals surface area contributed by atoms with E-state index in [0.717, 1.165) is 0 Å². The molecule has 4 atom stereocenters. The third-order valence-corrected chi connectivity index (χ3v) is 5.05. The van der Waals surface area contributed by atoms with Crippen molar-refractivity contribution in [3.05, 3.63) is 24.3 Å². The molecule has 0 unspecified atom stereocenters. The number of ketones is 1. The van der Waals surface area contributed by atoms with Gasteiger partial charge in [-0.25, -0.2) is 0 Å². The van der Waals surface area contributed by atoms with Crippen LogP contribution in [0.25, 0.3) is 0 Å². The van der Waals surface area contributed by atoms with Crippen LogP contribution in [-0.4, -0.2) is 52.5 Å². The molecule has 0 heterocycles. The van der Waals surface area contributed by atoms with Crippen molar-refractivity contribution >= 4 is 11.8 Å². The maximum absolute atomic E-state index is 12.2. The number of aliphatic carboxylic acids is 1. The molecule has 0 aromatic rings. The molecule has 0 amide bonds. The second-order valence-corrected chi connectivity index (χ2v) is 7.87. The van der Waals surface area contributed by atoms with E-state index in [2.05, 4.69) is 0 Å². The summed E-state index contributed by atoms with van der Waals surface area (Å²) in [5.74, 6) is -1.42. The number of allylic oxidation sites excluding steroid dienone is 2. The van der Waals surface area contributed by atoms with E-state index in [-0.39, 0.29) is 30.5 Å². The first-order valence-corrected chi connectivity index (χ1v) is 9.70. The summed E-state index contributed by atoms with van der Waals surface area (Å²) >= 11 is 0. The van der Waals surface area contributed by atoms with Gasteiger partial charge in [0.1, 0.15) is 5.78 Å². The molecule has 0 aromatic heterocycles. The number of hydrogen-bond acceptors (Lipinski definition) is 5. The maximum Gasteiger partial charge on any atom is 0.303 e. The summed E-state index contributed by atoms with van der Waals surface area (Å²) in [6.07, 6.45) is 7.72. The number of carbonyl (C=O) groups excluding carboxylic acids is 1. The number of ether oxygens (including phenoxy) is 1. The number of carboxylic acid groups (broad SMARTS) is 1. The molecule has 0 radical (unpaired) electrons. The van der Waals surface area contributed by atoms with Gasteiger partial charge in [-0.15, -0.1) is 0 Å². The summed E-state index contributed by atoms with van der Waals surface area (Å²) in [5, 5.41) is 29.3. The molecule has 0 aliphatic heterocycles. The number of Topliss-reactive ketones (excluding diaryl/α,β-unsaturated/α-hetero) is 1. The van der Waals surface area contributed by atoms with Gasteiger partial charge in [-0.2, -0.15) is 0 Å². The minimum Gasteiger partial charge on any atom is -0.481 e. The van der Waals surface area contributed by atoms with E-state index in [0.29, 0.717) is 32.5 Å². The Bertz CT molecular complexity index is 537. The van der Waals surface area contributed by atoms with Gasteiger partial charge in [0.25, 0.3) is 0 Å². The van der Waals surface area contributed by atoms with Gasteiger partial charge in [0, 0.05) is 36.7 Å². The highest BCUT2D eigenvalue weighted by molar-refractivity contribution is 5.84. The average molecular weight is 382 g/mol. The Hall–Kier alpha value is -1.50. The first kappa shape index (κ1) is 23.5. The van der Waals surface area contributed by atoms with Crippen molar-refractivity contribution in [1.29, 1.82) is 0 Å². The van der Waals surface area contributed by atoms with Crippen molar-refractivity contribution in [3.8, 4) is 0 Å². The van der Waals surface area contributed by atoms with Crippen LogP contribution in [0.5, 0.6) is 0 Å². The summed E-state index contributed by atoms with van der Waals surface area (Å²) in [4.78, 5) is 22.7. The third-order valence-electron chi connectivity index (χ3n) is 5.05. The molecule has 0 saturated heterocycles. The van der Waals surface area contributed by atoms with Gasteiger partial charge in [0.2, 0.25) is 0 Å². The van der Waals surface area contributed by atoms with Gasteiger partial charge in [-0.1, -0.05) is 38.2 Å². The Morgan fingerprint density at radius 2 is 2.07 bits per heavy atom. The van der Waals surface area contributed by atoms with Gasteiger partial charge in [0.05, 0.1) is 18.8 Å². The molecule has 0 bridgehead atoms. The quantitative estimate of drug-likeness (QED) is 0.354. The van der Waals surface area contributed by atoms with Crippen molar-refractivity contribution in [1.82, 2.24) is 0 Å². The fourth-order valence-electron chi connectivity index (χ4n) is 3.20. The highest BCUT2D eigenvalue weighted by Gasteiger charge is 2.39. The first-order valence-electron chi connectivity index (χ1n) is 9.70. The molecule has 1 saturated carbocycles. The van der Waals surface area contributed by atoms with Crippen LogP contribution >= 0.6 is 0 Å². The van der Waals surface area contributed by atoms with Crippen LogP contribution in [0.4, 0.5) is 0 Å². The zero-order valence-electron chi connectivity index (χ0n) is 16.6. The maximum atomic E-state index is 12.2. The second-order valence-electron chi connectivity index (χ2n) is 7.87. The fourth-order valence-corrected chi connectivity index (χ4v) is 3.20. The molecule has 1 fully saturated rings. The number of unbranched alkanes of at least 4 members (excludes halogenated alkanes) is 1. The third kappa shape index (κ3) is 7.95. The predicted molar refractivity (Wildman–Crippen MR) is 103 cm³/mol. The van der Waals surface area contributed by atoms with Crippen LogP contribution in [0.3, 0.4) is 0 Å². The topological polar surface area (TPSA) is 104 Å². The fraction of sp³-hybridized carbons (Fsp3) is 0.714. The number of rotatable bonds is 12. The molecule has 6 heteroatoms. The molecular formula is C21H34O6. The Kier molecular flexibility index (Phi) is 9.91. The van der Waals surface area contributed by atoms with Crippen molar-refractivity contribution in [2.45, 2.75) is 65.1 Å². The van der Waals surface area contributed by atoms with E-state index in [4.69, 9.17) is 9.84 Å². The van der Waals surface area contributed by atoms with Gasteiger partial charge in [0.15, 0.2) is 0 Å². The lowest BCUT2D eigenvalue weighted by molar-refractivity contribution is -0.137. The number of aliphatic hydroxyl groups excluding tert-OH is 2. The van der Waals surface area contributed by atoms with Gasteiger partial charge in [-0.05, 0) is 26.2 Å². The molecule has 154 valence electrons. The zero-order chi connectivity index (χ0) is 20.4. The van der Waals surface area contributed by atoms with Crippen molar-refractivity contribution in [2.75, 3.05) is 13.2 Å². The van der Waals surface area contributed by atoms with Crippen LogP contribution in [0.1, 0.15) is 52.9 Å². The molecule has 1 rings (SSSR count). The minimum atomic E-state index is -0.812. The minimum absolute atomic E-state index is 0.0235. The largest absolute Gasteiger partial charge is 0.481 e. The van der Waals surface area contributed by atoms with Crippen molar-refractivity contribution in [3.63, 3.8) is 0 Å². The summed E-state index contributed by atoms with van der Waals surface area (Å²) < 4.78 is 5.41. The van der Waals surface area contributed by atoms with E-state index >= 15 is 0 Å². The van der Waals surface area contributed by atoms with Crippen LogP contribution in [0.15, 0.2) is 24.3 Å². The monoisotopic (exact) mass is 382 g/mol. The lowest BCUT2D eigenvalue weighted by atomic mass is 9.85. The second kappa shape index (κ2) is 11.4. The molecule has 1 aliphatic rings. The Labute approximate surface area is 161 Å². The number of carbonyl (C=O) groups is 2. The highest BCUT2D eigenvalue weighted by atomic mass is 16.5. The standard InChI is InChI=1S/C21H34O6/c1-4-27-14-21(2,3)19(24)12-11-16-15(17(22)13-18(16)23)9-7-5-6-8-10-20(25)26/h5,7,11-12,15-16,18-19,23-24H,4,6,8-10,13-14H2,1-3H3,(H,25,26)/b7-5+,12-11?/t15-,16-,18-,19-/m1/s1. The van der Waals surface area contributed by atoms with Gasteiger partial charge < -0.3 is 20.1 Å². The molecule has 0 aromatic carbocycles. The lowest BCUT2D eigenvalue weighted by Crippen LogP contribution is -2.33. The molecular weight excluding hydrogens is 348 g/mol. The van der Waals surface area contributed by atoms with E-state index in [9.17, 15) is 19.8 Å². The van der Waals surface area contributed by atoms with Gasteiger partial charge >= 0.3 is 5.97 Å². The average Bonchev–Trinajstić information content (AvgIpc) is 2.86. The van der Waals surface area contributed by atoms with E-state index in [1.54, 1.807) is 12.2 Å². The molecule has 0 spiro atoms. The van der Waals surface area contributed by atoms with E-state index < -0.39 is 23.6 Å². The Morgan fingerprint density at radius 3 is 2.70 bits per heavy atom. The van der Waals surface area contributed by atoms with Crippen LogP contribution < -0.4 is 0 Å². The lowest BCUT2D eigenvalue weighted by Gasteiger charge is -2.28. The molecule has 27 heavy (non-hydrogen) atoms. The van der Waals surface area contributed by atoms with Crippen LogP contribution in [-0.2, 0) is 14.3 Å². The Morgan fingerprint density at radius 1 is 1.37 bits per heavy atom. The van der Waals surface area contributed by atoms with E-state index in [1.165, 1.54) is 0 Å². The number of hydrogen-bond donors (Lipinski definition) is 3. The summed E-state index contributed by atoms with van der Waals surface area (Å²) in [5.41, 5.74) is -0.459. The predicted octanol–water partition coefficient (Wildman–Crippen LogP) is 2.73. The van der Waals surface area contributed by atoms with Crippen LogP contribution in [0, 0.1) is 17.3 Å². The SMILES string of the molecule is CCOCC(C)(C)[C@H](O)C=C[C@H]1[C@H](O)CC(=O)[C@@H]1C/C=C/CCCC(=O)O. The summed E-state index contributed by atoms with van der Waals surface area (Å²) in [6, 6.07) is 0. The molecule has 1 aliphatic carbocycles.